The fourth-order valence-electron chi connectivity index (χ4n) is 2.72. The van der Waals surface area contributed by atoms with Crippen molar-refractivity contribution in [1.82, 2.24) is 9.80 Å². The highest BCUT2D eigenvalue weighted by Gasteiger charge is 2.22. The number of hydrogen-bond acceptors (Lipinski definition) is 3. The Labute approximate surface area is 138 Å². The predicted octanol–water partition coefficient (Wildman–Crippen LogP) is 2.30. The molecule has 5 heteroatoms. The summed E-state index contributed by atoms with van der Waals surface area (Å²) < 4.78 is 0. The number of likely N-dealkylation sites (N-methyl/N-ethyl adjacent to an activating group) is 1. The van der Waals surface area contributed by atoms with Gasteiger partial charge >= 0.3 is 0 Å². The first-order valence-corrected chi connectivity index (χ1v) is 8.39. The highest BCUT2D eigenvalue weighted by molar-refractivity contribution is 6.03. The van der Waals surface area contributed by atoms with Crippen molar-refractivity contribution in [3.63, 3.8) is 0 Å². The van der Waals surface area contributed by atoms with Gasteiger partial charge in [0.05, 0.1) is 0 Å². The summed E-state index contributed by atoms with van der Waals surface area (Å²) in [4.78, 5) is 28.3. The van der Waals surface area contributed by atoms with E-state index in [1.54, 1.807) is 4.90 Å². The lowest BCUT2D eigenvalue weighted by Gasteiger charge is -2.33. The summed E-state index contributed by atoms with van der Waals surface area (Å²) in [5.41, 5.74) is 1.97. The van der Waals surface area contributed by atoms with Crippen molar-refractivity contribution < 1.29 is 9.59 Å². The van der Waals surface area contributed by atoms with Gasteiger partial charge in [-0.3, -0.25) is 9.59 Å². The molecule has 0 aromatic heterocycles. The molecule has 0 radical (unpaired) electrons. The molecule has 1 fully saturated rings. The average molecular weight is 317 g/mol. The maximum atomic E-state index is 12.2. The first kappa shape index (κ1) is 17.5. The summed E-state index contributed by atoms with van der Waals surface area (Å²) in [5, 5.41) is 2.80. The standard InChI is InChI=1S/C18H27N3O2/c1-4-20-9-11-21(12-10-20)18(23)13-17(22)19-16-7-5-15(6-8-16)14(2)3/h5-8,14H,4,9-13H2,1-3H3,(H,19,22). The number of hydrogen-bond donors (Lipinski definition) is 1. The molecule has 0 unspecified atom stereocenters. The zero-order valence-electron chi connectivity index (χ0n) is 14.3. The molecule has 0 saturated carbocycles. The van der Waals surface area contributed by atoms with Crippen LogP contribution in [0.2, 0.25) is 0 Å². The number of nitrogens with one attached hydrogen (secondary N) is 1. The second-order valence-corrected chi connectivity index (χ2v) is 6.32. The molecule has 5 nitrogen and oxygen atoms in total. The van der Waals surface area contributed by atoms with Crippen molar-refractivity contribution >= 4 is 17.5 Å². The summed E-state index contributed by atoms with van der Waals surface area (Å²) in [6.07, 6.45) is -0.0853. The normalized spacial score (nSPS) is 15.7. The third-order valence-electron chi connectivity index (χ3n) is 4.35. The van der Waals surface area contributed by atoms with Crippen LogP contribution in [-0.4, -0.2) is 54.3 Å². The lowest BCUT2D eigenvalue weighted by Crippen LogP contribution is -2.49. The van der Waals surface area contributed by atoms with E-state index in [2.05, 4.69) is 31.0 Å². The zero-order valence-corrected chi connectivity index (χ0v) is 14.3. The quantitative estimate of drug-likeness (QED) is 0.848. The minimum Gasteiger partial charge on any atom is -0.340 e. The van der Waals surface area contributed by atoms with Gasteiger partial charge in [0.15, 0.2) is 0 Å². The molecule has 1 aliphatic rings. The van der Waals surface area contributed by atoms with Gasteiger partial charge in [0.2, 0.25) is 11.8 Å². The Morgan fingerprint density at radius 1 is 1.09 bits per heavy atom. The second-order valence-electron chi connectivity index (χ2n) is 6.32. The maximum Gasteiger partial charge on any atom is 0.233 e. The van der Waals surface area contributed by atoms with Gasteiger partial charge in [-0.1, -0.05) is 32.9 Å². The van der Waals surface area contributed by atoms with Gasteiger partial charge in [0.25, 0.3) is 0 Å². The largest absolute Gasteiger partial charge is 0.340 e. The minimum absolute atomic E-state index is 0.0853. The highest BCUT2D eigenvalue weighted by atomic mass is 16.2. The van der Waals surface area contributed by atoms with E-state index in [1.807, 2.05) is 24.3 Å². The Bertz CT molecular complexity index is 532. The minimum atomic E-state index is -0.245. The number of anilines is 1. The van der Waals surface area contributed by atoms with Crippen LogP contribution in [-0.2, 0) is 9.59 Å². The Kier molecular flexibility index (Phi) is 6.16. The average Bonchev–Trinajstić information content (AvgIpc) is 2.55. The third kappa shape index (κ3) is 5.06. The summed E-state index contributed by atoms with van der Waals surface area (Å²) >= 11 is 0. The zero-order chi connectivity index (χ0) is 16.8. The topological polar surface area (TPSA) is 52.7 Å². The molecule has 1 heterocycles. The SMILES string of the molecule is CCN1CCN(C(=O)CC(=O)Nc2ccc(C(C)C)cc2)CC1. The monoisotopic (exact) mass is 317 g/mol. The lowest BCUT2D eigenvalue weighted by atomic mass is 10.0. The highest BCUT2D eigenvalue weighted by Crippen LogP contribution is 2.17. The molecular weight excluding hydrogens is 290 g/mol. The van der Waals surface area contributed by atoms with Crippen LogP contribution in [0.25, 0.3) is 0 Å². The van der Waals surface area contributed by atoms with Crippen molar-refractivity contribution in [1.29, 1.82) is 0 Å². The van der Waals surface area contributed by atoms with E-state index in [9.17, 15) is 9.59 Å². The lowest BCUT2D eigenvalue weighted by molar-refractivity contribution is -0.136. The van der Waals surface area contributed by atoms with Crippen LogP contribution in [0.4, 0.5) is 5.69 Å². The molecular formula is C18H27N3O2. The number of carbonyl (C=O) groups is 2. The molecule has 1 saturated heterocycles. The second kappa shape index (κ2) is 8.11. The summed E-state index contributed by atoms with van der Waals surface area (Å²) in [5.74, 6) is 0.130. The van der Waals surface area contributed by atoms with E-state index in [-0.39, 0.29) is 18.2 Å². The summed E-state index contributed by atoms with van der Waals surface area (Å²) in [6.45, 7) is 10.6. The summed E-state index contributed by atoms with van der Waals surface area (Å²) in [7, 11) is 0. The number of benzene rings is 1. The molecule has 0 bridgehead atoms. The number of piperazine rings is 1. The Morgan fingerprint density at radius 2 is 1.70 bits per heavy atom. The van der Waals surface area contributed by atoms with E-state index < -0.39 is 0 Å². The number of nitrogens with zero attached hydrogens (tertiary/aromatic N) is 2. The fourth-order valence-corrected chi connectivity index (χ4v) is 2.72. The molecule has 2 amide bonds. The van der Waals surface area contributed by atoms with Crippen LogP contribution in [0.1, 0.15) is 38.7 Å². The molecule has 1 aromatic rings. The van der Waals surface area contributed by atoms with E-state index >= 15 is 0 Å². The predicted molar refractivity (Wildman–Crippen MR) is 92.5 cm³/mol. The Hall–Kier alpha value is -1.88. The molecule has 0 aliphatic carbocycles. The van der Waals surface area contributed by atoms with E-state index in [4.69, 9.17) is 0 Å². The number of carbonyl (C=O) groups excluding carboxylic acids is 2. The van der Waals surface area contributed by atoms with Crippen molar-refractivity contribution in [3.05, 3.63) is 29.8 Å². The van der Waals surface area contributed by atoms with Gasteiger partial charge in [0, 0.05) is 31.9 Å². The molecule has 2 rings (SSSR count). The van der Waals surface area contributed by atoms with Crippen LogP contribution >= 0.6 is 0 Å². The van der Waals surface area contributed by atoms with Crippen molar-refractivity contribution in [2.24, 2.45) is 0 Å². The van der Waals surface area contributed by atoms with Gasteiger partial charge in [-0.25, -0.2) is 0 Å². The van der Waals surface area contributed by atoms with Gasteiger partial charge in [-0.2, -0.15) is 0 Å². The Balaban J connectivity index is 1.81. The first-order chi connectivity index (χ1) is 11.0. The first-order valence-electron chi connectivity index (χ1n) is 8.39. The molecule has 1 aromatic carbocycles. The maximum absolute atomic E-state index is 12.2. The smallest absolute Gasteiger partial charge is 0.233 e. The molecule has 0 atom stereocenters. The van der Waals surface area contributed by atoms with Gasteiger partial charge < -0.3 is 15.1 Å². The molecule has 0 spiro atoms. The molecule has 1 aliphatic heterocycles. The van der Waals surface area contributed by atoms with Crippen LogP contribution in [0, 0.1) is 0 Å². The number of amides is 2. The van der Waals surface area contributed by atoms with Crippen molar-refractivity contribution in [2.45, 2.75) is 33.1 Å². The van der Waals surface area contributed by atoms with Crippen molar-refractivity contribution in [2.75, 3.05) is 38.0 Å². The number of rotatable bonds is 5. The van der Waals surface area contributed by atoms with Crippen molar-refractivity contribution in [3.8, 4) is 0 Å². The van der Waals surface area contributed by atoms with Crippen LogP contribution in [0.15, 0.2) is 24.3 Å². The van der Waals surface area contributed by atoms with E-state index in [1.165, 1.54) is 5.56 Å². The van der Waals surface area contributed by atoms with Gasteiger partial charge in [-0.05, 0) is 30.2 Å². The van der Waals surface area contributed by atoms with E-state index in [0.717, 1.165) is 25.3 Å². The summed E-state index contributed by atoms with van der Waals surface area (Å²) in [6, 6.07) is 7.79. The fraction of sp³-hybridized carbons (Fsp3) is 0.556. The molecule has 126 valence electrons. The van der Waals surface area contributed by atoms with Crippen LogP contribution in [0.5, 0.6) is 0 Å². The van der Waals surface area contributed by atoms with E-state index in [0.29, 0.717) is 19.0 Å². The van der Waals surface area contributed by atoms with Gasteiger partial charge in [0.1, 0.15) is 6.42 Å². The van der Waals surface area contributed by atoms with Gasteiger partial charge in [-0.15, -0.1) is 0 Å². The Morgan fingerprint density at radius 3 is 2.22 bits per heavy atom. The van der Waals surface area contributed by atoms with Crippen LogP contribution in [0.3, 0.4) is 0 Å². The van der Waals surface area contributed by atoms with Crippen LogP contribution < -0.4 is 5.32 Å². The molecule has 23 heavy (non-hydrogen) atoms. The molecule has 1 N–H and O–H groups in total. The third-order valence-corrected chi connectivity index (χ3v) is 4.35.